The van der Waals surface area contributed by atoms with Gasteiger partial charge in [0.2, 0.25) is 10.0 Å². The standard InChI is InChI=1S/C52H77NO7S.C38H65NO5/c1-34(2)36(4)47(8)27-28-49(10)39-23-24-42-48(9)31-58-33-52(42,40(39)25-26-50(49,11)43(47)45(54)59-30-37-17-15-14-16-18-37)29-41(57-13)44(48)60-32-51(12,46(5,6)7)53-61(55,56)38-21-19-35(3)20-22-38;1-23(2)24(3)33(7)17-18-35(9)25-13-14-28-34(8)20-43-22-38(28,26(25)15-16-36(35,10)29(33)31(40)41)19-27(42-12)30(34)44-21-37(11,39)32(4,5)6/h14-22,25,34,36,39,41-44,53H,23-24,26-33H2,1-13H3;15,23-25,27-30H,13-14,16-22,39H2,1-12H3,(H,40,41)/t36-,39+,41-,42+,43-,44+,47-,48-,49-,50+,51+,52+;24-,25+,27-,28+,29-,30+,33-,34-,35-,36+,37-,38+/m11/s1. The van der Waals surface area contributed by atoms with Crippen molar-refractivity contribution in [2.24, 2.45) is 130 Å². The molecule has 105 heavy (non-hydrogen) atoms. The van der Waals surface area contributed by atoms with Gasteiger partial charge in [0.1, 0.15) is 6.61 Å². The Kier molecular flexibility index (Phi) is 22.2. The zero-order chi connectivity index (χ0) is 77.5. The predicted molar refractivity (Wildman–Crippen MR) is 418 cm³/mol. The number of carboxylic acids is 1. The van der Waals surface area contributed by atoms with E-state index in [-0.39, 0.29) is 120 Å². The molecule has 12 rings (SSSR count). The molecule has 2 aliphatic heterocycles. The van der Waals surface area contributed by atoms with Gasteiger partial charge in [-0.05, 0) is 206 Å². The highest BCUT2D eigenvalue weighted by Crippen LogP contribution is 2.78. The van der Waals surface area contributed by atoms with Crippen molar-refractivity contribution in [2.45, 2.75) is 283 Å². The molecule has 4 N–H and O–H groups in total. The first-order valence-corrected chi connectivity index (χ1v) is 42.3. The lowest BCUT2D eigenvalue weighted by atomic mass is 9.34. The Bertz CT molecular complexity index is 3670. The third-order valence-electron chi connectivity index (χ3n) is 34.1. The summed E-state index contributed by atoms with van der Waals surface area (Å²) in [6.45, 7) is 55.1. The number of nitrogens with one attached hydrogen (secondary N) is 1. The fourth-order valence-electron chi connectivity index (χ4n) is 25.2. The minimum Gasteiger partial charge on any atom is -0.481 e. The fourth-order valence-corrected chi connectivity index (χ4v) is 26.7. The molecule has 15 heteroatoms. The van der Waals surface area contributed by atoms with E-state index in [2.05, 4.69) is 162 Å². The van der Waals surface area contributed by atoms with Crippen molar-refractivity contribution in [3.05, 3.63) is 89.0 Å². The Morgan fingerprint density at radius 3 is 1.45 bits per heavy atom. The van der Waals surface area contributed by atoms with Crippen molar-refractivity contribution in [3.63, 3.8) is 0 Å². The molecule has 24 atom stereocenters. The predicted octanol–water partition coefficient (Wildman–Crippen LogP) is 18.5. The van der Waals surface area contributed by atoms with E-state index in [1.54, 1.807) is 24.8 Å². The van der Waals surface area contributed by atoms with Crippen molar-refractivity contribution < 1.29 is 56.3 Å². The second-order valence-electron chi connectivity index (χ2n) is 41.5. The van der Waals surface area contributed by atoms with Crippen LogP contribution >= 0.6 is 0 Å². The SMILES string of the molecule is CO[C@@H]1C[C@@]23COC[C@](C)([C@@H]2CC[C@H]2C3=CC[C@@]3(C)[C@H](C(=O)O)[C@@](C)([C@H](C)C(C)C)CC[C@]23C)[C@H]1OC[C@@](C)(N)C(C)(C)C.CO[C@@H]1C[C@@]23COC[C@](C)([C@@H]2CC[C@H]2C3=CC[C@@]3(C)[C@H](C(=O)OCc4ccccc4)[C@@](C)([C@H](C)C(C)C)CC[C@]23C)[C@H]1OC[C@](C)(NS(=O)(=O)c1ccc(C)cc1)C(C)(C)C. The molecule has 590 valence electrons. The van der Waals surface area contributed by atoms with E-state index < -0.39 is 32.5 Å². The van der Waals surface area contributed by atoms with Gasteiger partial charge in [-0.25, -0.2) is 13.1 Å². The van der Waals surface area contributed by atoms with Crippen molar-refractivity contribution >= 4 is 22.0 Å². The number of ether oxygens (including phenoxy) is 7. The maximum Gasteiger partial charge on any atom is 0.310 e. The average Bonchev–Trinajstić information content (AvgIpc) is 0.676. The zero-order valence-corrected chi connectivity index (χ0v) is 70.6. The van der Waals surface area contributed by atoms with E-state index in [1.165, 1.54) is 5.57 Å². The molecular weight excluding hydrogens is 1330 g/mol. The molecule has 0 amide bonds. The normalized spacial score (nSPS) is 41.8. The molecule has 8 fully saturated rings. The Hall–Kier alpha value is -3.51. The van der Waals surface area contributed by atoms with Gasteiger partial charge in [0.05, 0.1) is 86.3 Å². The Morgan fingerprint density at radius 1 is 0.590 bits per heavy atom. The highest BCUT2D eigenvalue weighted by Gasteiger charge is 2.75. The molecule has 0 radical (unpaired) electrons. The van der Waals surface area contributed by atoms with Gasteiger partial charge in [0.25, 0.3) is 0 Å². The van der Waals surface area contributed by atoms with Crippen molar-refractivity contribution in [1.82, 2.24) is 4.72 Å². The average molecular weight is 1480 g/mol. The molecule has 14 nitrogen and oxygen atoms in total. The van der Waals surface area contributed by atoms with Gasteiger partial charge in [-0.15, -0.1) is 0 Å². The minimum atomic E-state index is -3.84. The topological polar surface area (TPSA) is 191 Å². The summed E-state index contributed by atoms with van der Waals surface area (Å²) >= 11 is 0. The number of fused-ring (bicyclic) bond motifs is 6. The lowest BCUT2D eigenvalue weighted by molar-refractivity contribution is -0.270. The molecule has 8 aliphatic carbocycles. The number of carbonyl (C=O) groups excluding carboxylic acids is 1. The van der Waals surface area contributed by atoms with Gasteiger partial charge < -0.3 is 44.0 Å². The first kappa shape index (κ1) is 82.5. The smallest absolute Gasteiger partial charge is 0.310 e. The number of esters is 1. The molecule has 10 aliphatic rings. The summed E-state index contributed by atoms with van der Waals surface area (Å²) < 4.78 is 77.4. The second-order valence-corrected chi connectivity index (χ2v) is 43.2. The molecule has 2 saturated heterocycles. The van der Waals surface area contributed by atoms with Gasteiger partial charge in [-0.1, -0.05) is 210 Å². The van der Waals surface area contributed by atoms with Gasteiger partial charge in [0.15, 0.2) is 0 Å². The Labute approximate surface area is 635 Å². The lowest BCUT2D eigenvalue weighted by Gasteiger charge is -2.71. The summed E-state index contributed by atoms with van der Waals surface area (Å²) in [4.78, 5) is 28.4. The van der Waals surface area contributed by atoms with Crippen molar-refractivity contribution in [1.29, 1.82) is 0 Å². The maximum atomic E-state index is 14.9. The first-order chi connectivity index (χ1) is 48.6. The van der Waals surface area contributed by atoms with Gasteiger partial charge in [-0.2, -0.15) is 0 Å². The van der Waals surface area contributed by atoms with Crippen LogP contribution in [-0.2, 0) is 59.4 Å². The van der Waals surface area contributed by atoms with Crippen molar-refractivity contribution in [3.8, 4) is 0 Å². The summed E-state index contributed by atoms with van der Waals surface area (Å²) in [7, 11) is -0.197. The highest BCUT2D eigenvalue weighted by atomic mass is 32.2. The molecular formula is C90H142N2O12S. The summed E-state index contributed by atoms with van der Waals surface area (Å²) in [6, 6.07) is 17.1. The number of sulfonamides is 1. The van der Waals surface area contributed by atoms with Crippen LogP contribution in [0.5, 0.6) is 0 Å². The number of aliphatic carboxylic acids is 1. The minimum absolute atomic E-state index is 0.0509. The number of carbonyl (C=O) groups is 2. The van der Waals surface area contributed by atoms with Gasteiger partial charge in [0, 0.05) is 41.4 Å². The van der Waals surface area contributed by atoms with Crippen LogP contribution in [-0.4, -0.2) is 115 Å². The van der Waals surface area contributed by atoms with E-state index in [9.17, 15) is 23.1 Å². The van der Waals surface area contributed by atoms with Gasteiger partial charge in [-0.3, -0.25) is 9.59 Å². The molecule has 0 aromatic heterocycles. The number of methoxy groups -OCH3 is 2. The van der Waals surface area contributed by atoms with Crippen molar-refractivity contribution in [2.75, 3.05) is 53.9 Å². The third kappa shape index (κ3) is 13.0. The highest BCUT2D eigenvalue weighted by molar-refractivity contribution is 7.89. The fraction of sp³-hybridized carbons (Fsp3) is 0.800. The van der Waals surface area contributed by atoms with E-state index in [0.29, 0.717) is 73.8 Å². The number of benzene rings is 2. The molecule has 4 bridgehead atoms. The molecule has 2 aromatic carbocycles. The van der Waals surface area contributed by atoms with Crippen LogP contribution in [0.2, 0.25) is 0 Å². The molecule has 2 heterocycles. The van der Waals surface area contributed by atoms with E-state index in [4.69, 9.17) is 38.9 Å². The molecule has 6 saturated carbocycles. The van der Waals surface area contributed by atoms with Crippen LogP contribution in [0.25, 0.3) is 0 Å². The number of rotatable bonds is 19. The molecule has 0 unspecified atom stereocenters. The number of allylic oxidation sites excluding steroid dienone is 2. The molecule has 2 aromatic rings. The van der Waals surface area contributed by atoms with Crippen LogP contribution in [0.1, 0.15) is 240 Å². The number of nitrogens with two attached hydrogens (primary N) is 1. The second kappa shape index (κ2) is 28.3. The molecule has 0 spiro atoms. The first-order valence-electron chi connectivity index (χ1n) is 40.8. The Morgan fingerprint density at radius 2 is 1.03 bits per heavy atom. The number of carboxylic acid groups (broad SMARTS) is 1. The van der Waals surface area contributed by atoms with E-state index >= 15 is 0 Å². The number of hydrogen-bond donors (Lipinski definition) is 3. The van der Waals surface area contributed by atoms with Crippen LogP contribution in [0.3, 0.4) is 0 Å². The third-order valence-corrected chi connectivity index (χ3v) is 35.7. The summed E-state index contributed by atoms with van der Waals surface area (Å²) in [5.74, 6) is 1.64. The summed E-state index contributed by atoms with van der Waals surface area (Å²) in [6.07, 6.45) is 16.0. The quantitative estimate of drug-likeness (QED) is 0.0890. The van der Waals surface area contributed by atoms with Gasteiger partial charge >= 0.3 is 11.9 Å². The van der Waals surface area contributed by atoms with Crippen LogP contribution in [0, 0.1) is 131 Å². The van der Waals surface area contributed by atoms with Crippen LogP contribution in [0.4, 0.5) is 0 Å². The lowest BCUT2D eigenvalue weighted by Crippen LogP contribution is -2.70. The summed E-state index contributed by atoms with van der Waals surface area (Å²) in [5, 5.41) is 11.0. The maximum absolute atomic E-state index is 14.9. The largest absolute Gasteiger partial charge is 0.481 e. The zero-order valence-electron chi connectivity index (χ0n) is 69.8. The van der Waals surface area contributed by atoms with E-state index in [1.807, 2.05) is 63.4 Å². The Balaban J connectivity index is 0.000000221. The van der Waals surface area contributed by atoms with Crippen LogP contribution in [0.15, 0.2) is 82.8 Å². The van der Waals surface area contributed by atoms with Crippen LogP contribution < -0.4 is 10.5 Å². The monoisotopic (exact) mass is 1480 g/mol. The van der Waals surface area contributed by atoms with E-state index in [0.717, 1.165) is 94.8 Å². The number of aryl methyl sites for hydroxylation is 1. The number of hydrogen-bond acceptors (Lipinski definition) is 12. The summed E-state index contributed by atoms with van der Waals surface area (Å²) in [5.41, 5.74) is 7.72.